The molecule has 20 heavy (non-hydrogen) atoms. The van der Waals surface area contributed by atoms with E-state index in [0.29, 0.717) is 26.2 Å². The Morgan fingerprint density at radius 1 is 0.700 bits per heavy atom. The Morgan fingerprint density at radius 2 is 0.950 bits per heavy atom. The van der Waals surface area contributed by atoms with Crippen molar-refractivity contribution in [1.29, 1.82) is 0 Å². The van der Waals surface area contributed by atoms with Crippen molar-refractivity contribution in [2.75, 3.05) is 50.8 Å². The molecule has 12 heteroatoms. The van der Waals surface area contributed by atoms with E-state index in [1.165, 1.54) is 0 Å². The van der Waals surface area contributed by atoms with Gasteiger partial charge in [0.05, 0.1) is 31.7 Å². The molecule has 0 aromatic rings. The van der Waals surface area contributed by atoms with Crippen LogP contribution in [0.1, 0.15) is 0 Å². The minimum Gasteiger partial charge on any atom is -0.748 e. The average Bonchev–Trinajstić information content (AvgIpc) is 2.23. The second kappa shape index (κ2) is 11.5. The van der Waals surface area contributed by atoms with Gasteiger partial charge in [0.2, 0.25) is 0 Å². The van der Waals surface area contributed by atoms with E-state index in [0.717, 1.165) is 0 Å². The average molecular weight is 379 g/mol. The fourth-order valence-corrected chi connectivity index (χ4v) is 2.68. The normalized spacial score (nSPS) is 18.1. The summed E-state index contributed by atoms with van der Waals surface area (Å²) in [5, 5.41) is 0. The van der Waals surface area contributed by atoms with Crippen LogP contribution in [-0.4, -0.2) is 86.5 Å². The smallest absolute Gasteiger partial charge is 0.748 e. The van der Waals surface area contributed by atoms with Gasteiger partial charge < -0.3 is 9.11 Å². The third kappa shape index (κ3) is 13.5. The largest absolute Gasteiger partial charge is 1.00 e. The molecule has 0 radical (unpaired) electrons. The molecule has 0 unspecified atom stereocenters. The summed E-state index contributed by atoms with van der Waals surface area (Å²) in [5.41, 5.74) is 0. The van der Waals surface area contributed by atoms with Crippen LogP contribution >= 0.6 is 0 Å². The van der Waals surface area contributed by atoms with Crippen LogP contribution in [0.2, 0.25) is 0 Å². The van der Waals surface area contributed by atoms with Gasteiger partial charge in [-0.2, -0.15) is 0 Å². The van der Waals surface area contributed by atoms with Crippen LogP contribution in [0.5, 0.6) is 0 Å². The van der Waals surface area contributed by atoms with E-state index in [2.05, 4.69) is 0 Å². The van der Waals surface area contributed by atoms with Crippen molar-refractivity contribution in [1.82, 2.24) is 9.80 Å². The van der Waals surface area contributed by atoms with Crippen molar-refractivity contribution in [3.05, 3.63) is 0 Å². The number of hydrogen-bond acceptors (Lipinski definition) is 8. The van der Waals surface area contributed by atoms with Crippen molar-refractivity contribution in [2.24, 2.45) is 0 Å². The van der Waals surface area contributed by atoms with Crippen molar-refractivity contribution in [3.63, 3.8) is 0 Å². The van der Waals surface area contributed by atoms with Crippen molar-refractivity contribution < 1.29 is 129 Å². The monoisotopic (exact) mass is 378 g/mol. The molecule has 0 bridgehead atoms. The number of nitrogens with zero attached hydrogens (tertiary/aromatic N) is 2. The van der Waals surface area contributed by atoms with Crippen molar-refractivity contribution in [3.8, 4) is 0 Å². The van der Waals surface area contributed by atoms with Gasteiger partial charge in [0.25, 0.3) is 0 Å². The summed E-state index contributed by atoms with van der Waals surface area (Å²) < 4.78 is 62.7. The summed E-state index contributed by atoms with van der Waals surface area (Å²) in [4.78, 5) is 3.66. The third-order valence-electron chi connectivity index (χ3n) is 2.78. The van der Waals surface area contributed by atoms with Gasteiger partial charge >= 0.3 is 103 Å². The van der Waals surface area contributed by atoms with E-state index in [9.17, 15) is 25.9 Å². The zero-order valence-corrected chi connectivity index (χ0v) is 19.7. The fourth-order valence-electron chi connectivity index (χ4n) is 1.72. The summed E-state index contributed by atoms with van der Waals surface area (Å²) in [5.74, 6) is -0.829. The molecule has 1 rings (SSSR count). The number of rotatable bonds is 6. The van der Waals surface area contributed by atoms with E-state index in [1.54, 1.807) is 0 Å². The molecule has 0 N–H and O–H groups in total. The van der Waals surface area contributed by atoms with Gasteiger partial charge in [0, 0.05) is 39.3 Å². The van der Waals surface area contributed by atoms with Crippen LogP contribution in [-0.2, 0) is 20.2 Å². The molecule has 0 atom stereocenters. The Hall–Kier alpha value is 3.01. The van der Waals surface area contributed by atoms with Gasteiger partial charge in [0.1, 0.15) is 0 Å². The maximum atomic E-state index is 10.5. The zero-order chi connectivity index (χ0) is 13.8. The number of piperazine rings is 1. The molecule has 0 aromatic heterocycles. The second-order valence-corrected chi connectivity index (χ2v) is 7.25. The van der Waals surface area contributed by atoms with Crippen molar-refractivity contribution >= 4 is 20.2 Å². The van der Waals surface area contributed by atoms with Crippen LogP contribution in [0.25, 0.3) is 0 Å². The zero-order valence-electron chi connectivity index (χ0n) is 11.8. The van der Waals surface area contributed by atoms with Crippen LogP contribution in [0, 0.1) is 0 Å². The van der Waals surface area contributed by atoms with E-state index in [4.69, 9.17) is 0 Å². The van der Waals surface area contributed by atoms with Crippen molar-refractivity contribution in [2.45, 2.75) is 0 Å². The predicted octanol–water partition coefficient (Wildman–Crippen LogP) is -8.30. The summed E-state index contributed by atoms with van der Waals surface area (Å²) in [6.45, 7) is 2.64. The molecule has 1 aliphatic rings. The fraction of sp³-hybridized carbons (Fsp3) is 1.00. The minimum atomic E-state index is -4.19. The van der Waals surface area contributed by atoms with Gasteiger partial charge in [-0.05, 0) is 0 Å². The first-order chi connectivity index (χ1) is 8.16. The molecule has 1 heterocycles. The Labute approximate surface area is 205 Å². The van der Waals surface area contributed by atoms with Gasteiger partial charge in [-0.15, -0.1) is 0 Å². The molecule has 1 fully saturated rings. The topological polar surface area (TPSA) is 121 Å². The van der Waals surface area contributed by atoms with Crippen LogP contribution in [0.3, 0.4) is 0 Å². The SMILES string of the molecule is O=S(=O)([O-])CCN1CCN(CCS(=O)(=O)[O-])CC1.[K+].[K+]. The van der Waals surface area contributed by atoms with Crippen LogP contribution < -0.4 is 103 Å². The summed E-state index contributed by atoms with van der Waals surface area (Å²) in [6, 6.07) is 0. The maximum Gasteiger partial charge on any atom is 1.00 e. The summed E-state index contributed by atoms with van der Waals surface area (Å²) in [7, 11) is -8.39. The number of hydrogen-bond donors (Lipinski definition) is 0. The molecule has 1 aliphatic heterocycles. The van der Waals surface area contributed by atoms with Gasteiger partial charge in [0.15, 0.2) is 0 Å². The molecule has 0 aromatic carbocycles. The van der Waals surface area contributed by atoms with Gasteiger partial charge in [-0.25, -0.2) is 16.8 Å². The molecule has 0 aliphatic carbocycles. The third-order valence-corrected chi connectivity index (χ3v) is 4.15. The first-order valence-electron chi connectivity index (χ1n) is 5.47. The van der Waals surface area contributed by atoms with Gasteiger partial charge in [-0.3, -0.25) is 9.80 Å². The van der Waals surface area contributed by atoms with Crippen LogP contribution in [0.4, 0.5) is 0 Å². The molecular formula is C8H16K2N2O6S2. The van der Waals surface area contributed by atoms with E-state index in [-0.39, 0.29) is 116 Å². The second-order valence-electron chi connectivity index (χ2n) is 4.21. The predicted molar refractivity (Wildman–Crippen MR) is 62.0 cm³/mol. The molecular weight excluding hydrogens is 362 g/mol. The first kappa shape index (κ1) is 25.3. The Morgan fingerprint density at radius 3 is 1.15 bits per heavy atom. The standard InChI is InChI=1S/C8H18N2O6S2.2K/c11-17(12,13)7-5-9-1-2-10(4-3-9)6-8-18(14,15)16;;/h1-8H2,(H,11,12,13)(H,14,15,16);;/q;2*+1/p-2. The molecule has 8 nitrogen and oxygen atoms in total. The molecule has 0 saturated carbocycles. The summed E-state index contributed by atoms with van der Waals surface area (Å²) >= 11 is 0. The van der Waals surface area contributed by atoms with Gasteiger partial charge in [-0.1, -0.05) is 0 Å². The maximum absolute atomic E-state index is 10.5. The molecule has 1 saturated heterocycles. The van der Waals surface area contributed by atoms with E-state index >= 15 is 0 Å². The first-order valence-corrected chi connectivity index (χ1v) is 8.63. The Balaban J connectivity index is 0. The minimum absolute atomic E-state index is 0. The molecule has 108 valence electrons. The summed E-state index contributed by atoms with van der Waals surface area (Å²) in [6.07, 6.45) is 0. The van der Waals surface area contributed by atoms with E-state index < -0.39 is 31.7 Å². The molecule has 0 amide bonds. The Kier molecular flexibility index (Phi) is 14.6. The quantitative estimate of drug-likeness (QED) is 0.330. The molecule has 0 spiro atoms. The van der Waals surface area contributed by atoms with Crippen LogP contribution in [0.15, 0.2) is 0 Å². The Bertz CT molecular complexity index is 417. The van der Waals surface area contributed by atoms with E-state index in [1.807, 2.05) is 9.80 Å².